The number of ether oxygens (including phenoxy) is 1. The van der Waals surface area contributed by atoms with Crippen LogP contribution in [-0.2, 0) is 14.8 Å². The fourth-order valence-corrected chi connectivity index (χ4v) is 2.90. The summed E-state index contributed by atoms with van der Waals surface area (Å²) in [6.07, 6.45) is 0. The summed E-state index contributed by atoms with van der Waals surface area (Å²) in [4.78, 5) is 0. The molecule has 0 aromatic heterocycles. The number of hydrogen-bond acceptors (Lipinski definition) is 3. The van der Waals surface area contributed by atoms with E-state index in [1.165, 1.54) is 4.31 Å². The lowest BCUT2D eigenvalue weighted by molar-refractivity contribution is -0.0641. The molecule has 84 valence electrons. The Morgan fingerprint density at radius 2 is 1.93 bits per heavy atom. The predicted molar refractivity (Wildman–Crippen MR) is 55.7 cm³/mol. The Morgan fingerprint density at radius 3 is 2.36 bits per heavy atom. The van der Waals surface area contributed by atoms with E-state index in [0.29, 0.717) is 19.7 Å². The first kappa shape index (κ1) is 11.9. The SMILES string of the molecule is CC(C)S(=O)(=O)N1CCOC(C)(C)C1. The van der Waals surface area contributed by atoms with Gasteiger partial charge in [0.1, 0.15) is 0 Å². The Hall–Kier alpha value is -0.130. The molecule has 4 nitrogen and oxygen atoms in total. The smallest absolute Gasteiger partial charge is 0.216 e. The summed E-state index contributed by atoms with van der Waals surface area (Å²) in [6.45, 7) is 8.65. The largest absolute Gasteiger partial charge is 0.373 e. The fraction of sp³-hybridized carbons (Fsp3) is 1.00. The minimum absolute atomic E-state index is 0.351. The van der Waals surface area contributed by atoms with Gasteiger partial charge in [-0.05, 0) is 27.7 Å². The molecule has 0 radical (unpaired) electrons. The molecule has 0 saturated carbocycles. The van der Waals surface area contributed by atoms with Gasteiger partial charge in [0.2, 0.25) is 10.0 Å². The molecule has 0 spiro atoms. The van der Waals surface area contributed by atoms with Crippen LogP contribution in [0.4, 0.5) is 0 Å². The van der Waals surface area contributed by atoms with Crippen LogP contribution in [0.3, 0.4) is 0 Å². The maximum Gasteiger partial charge on any atom is 0.216 e. The van der Waals surface area contributed by atoms with Crippen molar-refractivity contribution in [1.29, 1.82) is 0 Å². The summed E-state index contributed by atoms with van der Waals surface area (Å²) in [5, 5.41) is -0.351. The van der Waals surface area contributed by atoms with Crippen LogP contribution in [-0.4, -0.2) is 43.3 Å². The molecule has 14 heavy (non-hydrogen) atoms. The van der Waals surface area contributed by atoms with E-state index in [2.05, 4.69) is 0 Å². The van der Waals surface area contributed by atoms with E-state index in [1.54, 1.807) is 13.8 Å². The summed E-state index contributed by atoms with van der Waals surface area (Å²) in [5.41, 5.74) is -0.361. The Bertz CT molecular complexity index is 295. The molecule has 0 aliphatic carbocycles. The molecule has 1 saturated heterocycles. The highest BCUT2D eigenvalue weighted by Crippen LogP contribution is 2.20. The number of sulfonamides is 1. The lowest BCUT2D eigenvalue weighted by atomic mass is 10.1. The number of morpholine rings is 1. The normalized spacial score (nSPS) is 24.1. The van der Waals surface area contributed by atoms with Gasteiger partial charge in [-0.3, -0.25) is 0 Å². The maximum absolute atomic E-state index is 11.8. The fourth-order valence-electron chi connectivity index (χ4n) is 1.49. The molecular formula is C9H19NO3S. The van der Waals surface area contributed by atoms with E-state index in [9.17, 15) is 8.42 Å². The second-order valence-corrected chi connectivity index (χ2v) is 7.02. The molecule has 0 atom stereocenters. The average molecular weight is 221 g/mol. The molecule has 0 N–H and O–H groups in total. The summed E-state index contributed by atoms with van der Waals surface area (Å²) < 4.78 is 30.7. The van der Waals surface area contributed by atoms with Crippen molar-refractivity contribution < 1.29 is 13.2 Å². The average Bonchev–Trinajstić information content (AvgIpc) is 2.02. The zero-order valence-corrected chi connectivity index (χ0v) is 10.1. The Labute approximate surface area is 86.3 Å². The number of rotatable bonds is 2. The van der Waals surface area contributed by atoms with Crippen LogP contribution in [0, 0.1) is 0 Å². The summed E-state index contributed by atoms with van der Waals surface area (Å²) in [6, 6.07) is 0. The van der Waals surface area contributed by atoms with E-state index < -0.39 is 10.0 Å². The van der Waals surface area contributed by atoms with Crippen LogP contribution >= 0.6 is 0 Å². The number of nitrogens with zero attached hydrogens (tertiary/aromatic N) is 1. The van der Waals surface area contributed by atoms with Crippen molar-refractivity contribution in [2.75, 3.05) is 19.7 Å². The van der Waals surface area contributed by atoms with E-state index in [-0.39, 0.29) is 10.9 Å². The standard InChI is InChI=1S/C9H19NO3S/c1-8(2)14(11,12)10-5-6-13-9(3,4)7-10/h8H,5-7H2,1-4H3. The van der Waals surface area contributed by atoms with E-state index >= 15 is 0 Å². The monoisotopic (exact) mass is 221 g/mol. The van der Waals surface area contributed by atoms with Gasteiger partial charge in [0.25, 0.3) is 0 Å². The van der Waals surface area contributed by atoms with Gasteiger partial charge >= 0.3 is 0 Å². The molecule has 0 aromatic rings. The molecule has 1 aliphatic heterocycles. The van der Waals surface area contributed by atoms with Gasteiger partial charge in [-0.15, -0.1) is 0 Å². The first-order valence-electron chi connectivity index (χ1n) is 4.89. The van der Waals surface area contributed by atoms with Crippen LogP contribution < -0.4 is 0 Å². The van der Waals surface area contributed by atoms with Crippen molar-refractivity contribution >= 4 is 10.0 Å². The van der Waals surface area contributed by atoms with Gasteiger partial charge in [0.15, 0.2) is 0 Å². The Kier molecular flexibility index (Phi) is 3.23. The van der Waals surface area contributed by atoms with Crippen LogP contribution in [0.25, 0.3) is 0 Å². The van der Waals surface area contributed by atoms with Crippen molar-refractivity contribution in [1.82, 2.24) is 4.31 Å². The van der Waals surface area contributed by atoms with Crippen LogP contribution in [0.5, 0.6) is 0 Å². The van der Waals surface area contributed by atoms with Crippen molar-refractivity contribution in [3.63, 3.8) is 0 Å². The predicted octanol–water partition coefficient (Wildman–Crippen LogP) is 0.835. The summed E-state index contributed by atoms with van der Waals surface area (Å²) >= 11 is 0. The summed E-state index contributed by atoms with van der Waals surface area (Å²) in [7, 11) is -3.12. The maximum atomic E-state index is 11.8. The minimum atomic E-state index is -3.12. The van der Waals surface area contributed by atoms with Crippen LogP contribution in [0.2, 0.25) is 0 Å². The Morgan fingerprint density at radius 1 is 1.36 bits per heavy atom. The zero-order chi connectivity index (χ0) is 11.0. The molecule has 5 heteroatoms. The molecule has 0 aromatic carbocycles. The third kappa shape index (κ3) is 2.46. The van der Waals surface area contributed by atoms with Gasteiger partial charge in [-0.2, -0.15) is 4.31 Å². The third-order valence-corrected chi connectivity index (χ3v) is 4.57. The first-order chi connectivity index (χ1) is 6.26. The molecule has 1 heterocycles. The summed E-state index contributed by atoms with van der Waals surface area (Å²) in [5.74, 6) is 0. The number of hydrogen-bond donors (Lipinski definition) is 0. The second kappa shape index (κ2) is 3.79. The van der Waals surface area contributed by atoms with Crippen LogP contribution in [0.1, 0.15) is 27.7 Å². The molecule has 1 rings (SSSR count). The molecular weight excluding hydrogens is 202 g/mol. The van der Waals surface area contributed by atoms with Crippen molar-refractivity contribution in [2.24, 2.45) is 0 Å². The quantitative estimate of drug-likeness (QED) is 0.694. The van der Waals surface area contributed by atoms with Crippen molar-refractivity contribution in [3.05, 3.63) is 0 Å². The molecule has 1 aliphatic rings. The van der Waals surface area contributed by atoms with Crippen molar-refractivity contribution in [3.8, 4) is 0 Å². The van der Waals surface area contributed by atoms with E-state index in [0.717, 1.165) is 0 Å². The highest BCUT2D eigenvalue weighted by atomic mass is 32.2. The van der Waals surface area contributed by atoms with Gasteiger partial charge < -0.3 is 4.74 Å². The third-order valence-electron chi connectivity index (χ3n) is 2.35. The van der Waals surface area contributed by atoms with Crippen molar-refractivity contribution in [2.45, 2.75) is 38.5 Å². The minimum Gasteiger partial charge on any atom is -0.373 e. The molecule has 0 unspecified atom stereocenters. The molecule has 0 bridgehead atoms. The van der Waals surface area contributed by atoms with Gasteiger partial charge in [-0.25, -0.2) is 8.42 Å². The van der Waals surface area contributed by atoms with E-state index in [1.807, 2.05) is 13.8 Å². The van der Waals surface area contributed by atoms with Gasteiger partial charge in [-0.1, -0.05) is 0 Å². The van der Waals surface area contributed by atoms with E-state index in [4.69, 9.17) is 4.74 Å². The highest BCUT2D eigenvalue weighted by molar-refractivity contribution is 7.89. The molecule has 0 amide bonds. The lowest BCUT2D eigenvalue weighted by Gasteiger charge is -2.38. The second-order valence-electron chi connectivity index (χ2n) is 4.54. The van der Waals surface area contributed by atoms with Crippen LogP contribution in [0.15, 0.2) is 0 Å². The van der Waals surface area contributed by atoms with Gasteiger partial charge in [0, 0.05) is 13.1 Å². The first-order valence-corrected chi connectivity index (χ1v) is 6.39. The highest BCUT2D eigenvalue weighted by Gasteiger charge is 2.35. The molecule has 1 fully saturated rings. The lowest BCUT2D eigenvalue weighted by Crippen LogP contribution is -2.52. The Balaban J connectivity index is 2.80. The topological polar surface area (TPSA) is 46.6 Å². The van der Waals surface area contributed by atoms with Gasteiger partial charge in [0.05, 0.1) is 17.5 Å². The zero-order valence-electron chi connectivity index (χ0n) is 9.28.